The first kappa shape index (κ1) is 7.98. The maximum Gasteiger partial charge on any atom is 0.269 e. The highest BCUT2D eigenvalue weighted by Gasteiger charge is 2.07. The van der Waals surface area contributed by atoms with E-state index < -0.39 is 0 Å². The second kappa shape index (κ2) is 3.32. The highest BCUT2D eigenvalue weighted by molar-refractivity contribution is 5.01. The first-order valence-corrected chi connectivity index (χ1v) is 3.79. The number of rotatable bonds is 2. The third-order valence-electron chi connectivity index (χ3n) is 1.81. The van der Waals surface area contributed by atoms with Crippen molar-refractivity contribution < 1.29 is 0 Å². The second-order valence-corrected chi connectivity index (χ2v) is 2.61. The molecule has 0 unspecified atom stereocenters. The first-order valence-electron chi connectivity index (χ1n) is 3.79. The van der Waals surface area contributed by atoms with Crippen LogP contribution < -0.4 is 5.56 Å². The lowest BCUT2D eigenvalue weighted by atomic mass is 10.1. The highest BCUT2D eigenvalue weighted by atomic mass is 16.1. The molecule has 0 aromatic carbocycles. The zero-order valence-electron chi connectivity index (χ0n) is 6.79. The summed E-state index contributed by atoms with van der Waals surface area (Å²) in [4.78, 5) is 17.7. The summed E-state index contributed by atoms with van der Waals surface area (Å²) in [7, 11) is 0. The number of H-pyrrole nitrogens is 1. The van der Waals surface area contributed by atoms with Crippen LogP contribution in [0.15, 0.2) is 17.2 Å². The topological polar surface area (TPSA) is 45.8 Å². The maximum absolute atomic E-state index is 11.1. The monoisotopic (exact) mass is 152 g/mol. The molecule has 3 nitrogen and oxygen atoms in total. The Bertz CT molecular complexity index is 279. The molecule has 0 aliphatic heterocycles. The van der Waals surface area contributed by atoms with Crippen LogP contribution in [0.5, 0.6) is 0 Å². The van der Waals surface area contributed by atoms with E-state index in [0.717, 1.165) is 6.42 Å². The van der Waals surface area contributed by atoms with Crippen molar-refractivity contribution >= 4 is 0 Å². The SMILES string of the molecule is CC[C@@H](C)c1ncc[nH]c1=O. The molecular weight excluding hydrogens is 140 g/mol. The molecule has 60 valence electrons. The smallest absolute Gasteiger partial charge is 0.269 e. The van der Waals surface area contributed by atoms with Gasteiger partial charge in [0.05, 0.1) is 0 Å². The van der Waals surface area contributed by atoms with Crippen molar-refractivity contribution in [1.29, 1.82) is 0 Å². The summed E-state index contributed by atoms with van der Waals surface area (Å²) < 4.78 is 0. The summed E-state index contributed by atoms with van der Waals surface area (Å²) in [6.45, 7) is 4.04. The summed E-state index contributed by atoms with van der Waals surface area (Å²) in [5.41, 5.74) is 0.567. The minimum atomic E-state index is -0.0677. The van der Waals surface area contributed by atoms with Gasteiger partial charge < -0.3 is 4.98 Å². The average Bonchev–Trinajstić information content (AvgIpc) is 2.04. The van der Waals surface area contributed by atoms with E-state index in [1.165, 1.54) is 0 Å². The van der Waals surface area contributed by atoms with Crippen molar-refractivity contribution in [2.24, 2.45) is 0 Å². The van der Waals surface area contributed by atoms with E-state index in [4.69, 9.17) is 0 Å². The first-order chi connectivity index (χ1) is 5.25. The van der Waals surface area contributed by atoms with Crippen molar-refractivity contribution in [2.75, 3.05) is 0 Å². The fourth-order valence-corrected chi connectivity index (χ4v) is 0.907. The third kappa shape index (κ3) is 1.67. The molecule has 0 saturated carbocycles. The molecule has 0 bridgehead atoms. The molecule has 1 N–H and O–H groups in total. The Balaban J connectivity index is 3.03. The van der Waals surface area contributed by atoms with Gasteiger partial charge in [0.15, 0.2) is 0 Å². The zero-order chi connectivity index (χ0) is 8.27. The number of nitrogens with one attached hydrogen (secondary N) is 1. The number of nitrogens with zero attached hydrogens (tertiary/aromatic N) is 1. The van der Waals surface area contributed by atoms with E-state index >= 15 is 0 Å². The predicted molar refractivity (Wildman–Crippen MR) is 43.6 cm³/mol. The third-order valence-corrected chi connectivity index (χ3v) is 1.81. The molecule has 0 aliphatic carbocycles. The van der Waals surface area contributed by atoms with Crippen molar-refractivity contribution in [1.82, 2.24) is 9.97 Å². The molecule has 1 atom stereocenters. The fraction of sp³-hybridized carbons (Fsp3) is 0.500. The quantitative estimate of drug-likeness (QED) is 0.693. The Morgan fingerprint density at radius 2 is 2.45 bits per heavy atom. The standard InChI is InChI=1S/C8H12N2O/c1-3-6(2)7-8(11)10-5-4-9-7/h4-6H,3H2,1-2H3,(H,10,11)/t6-/m1/s1. The fourth-order valence-electron chi connectivity index (χ4n) is 0.907. The van der Waals surface area contributed by atoms with Gasteiger partial charge in [0, 0.05) is 18.3 Å². The Morgan fingerprint density at radius 1 is 1.73 bits per heavy atom. The van der Waals surface area contributed by atoms with Crippen LogP contribution >= 0.6 is 0 Å². The Kier molecular flexibility index (Phi) is 2.41. The molecule has 1 rings (SSSR count). The van der Waals surface area contributed by atoms with Crippen LogP contribution in [0, 0.1) is 0 Å². The normalized spacial score (nSPS) is 12.9. The largest absolute Gasteiger partial charge is 0.326 e. The maximum atomic E-state index is 11.1. The van der Waals surface area contributed by atoms with E-state index in [-0.39, 0.29) is 11.5 Å². The van der Waals surface area contributed by atoms with Gasteiger partial charge in [-0.3, -0.25) is 9.78 Å². The molecule has 11 heavy (non-hydrogen) atoms. The summed E-state index contributed by atoms with van der Waals surface area (Å²) in [5.74, 6) is 0.250. The second-order valence-electron chi connectivity index (χ2n) is 2.61. The van der Waals surface area contributed by atoms with E-state index in [2.05, 4.69) is 9.97 Å². The molecule has 0 saturated heterocycles. The van der Waals surface area contributed by atoms with Crippen molar-refractivity contribution in [3.05, 3.63) is 28.4 Å². The van der Waals surface area contributed by atoms with Crippen LogP contribution in [0.4, 0.5) is 0 Å². The van der Waals surface area contributed by atoms with Gasteiger partial charge in [-0.1, -0.05) is 13.8 Å². The summed E-state index contributed by atoms with van der Waals surface area (Å²) in [6, 6.07) is 0. The molecular formula is C8H12N2O. The number of hydrogen-bond donors (Lipinski definition) is 1. The molecule has 0 spiro atoms. The molecule has 1 heterocycles. The van der Waals surface area contributed by atoms with Crippen LogP contribution in [0.2, 0.25) is 0 Å². The van der Waals surface area contributed by atoms with Gasteiger partial charge in [-0.2, -0.15) is 0 Å². The minimum Gasteiger partial charge on any atom is -0.326 e. The minimum absolute atomic E-state index is 0.0677. The van der Waals surface area contributed by atoms with Gasteiger partial charge in [-0.25, -0.2) is 0 Å². The van der Waals surface area contributed by atoms with Crippen LogP contribution in [-0.2, 0) is 0 Å². The van der Waals surface area contributed by atoms with Crippen LogP contribution in [-0.4, -0.2) is 9.97 Å². The van der Waals surface area contributed by atoms with Crippen molar-refractivity contribution in [3.63, 3.8) is 0 Å². The Labute approximate surface area is 65.5 Å². The number of hydrogen-bond acceptors (Lipinski definition) is 2. The lowest BCUT2D eigenvalue weighted by Gasteiger charge is -2.04. The molecule has 1 aromatic rings. The van der Waals surface area contributed by atoms with Gasteiger partial charge in [0.1, 0.15) is 5.69 Å². The number of aromatic amines is 1. The van der Waals surface area contributed by atoms with Gasteiger partial charge in [0.25, 0.3) is 5.56 Å². The lowest BCUT2D eigenvalue weighted by Crippen LogP contribution is -2.15. The van der Waals surface area contributed by atoms with E-state index in [1.54, 1.807) is 12.4 Å². The highest BCUT2D eigenvalue weighted by Crippen LogP contribution is 2.10. The summed E-state index contributed by atoms with van der Waals surface area (Å²) >= 11 is 0. The predicted octanol–water partition coefficient (Wildman–Crippen LogP) is 1.28. The van der Waals surface area contributed by atoms with Crippen molar-refractivity contribution in [3.8, 4) is 0 Å². The molecule has 0 amide bonds. The summed E-state index contributed by atoms with van der Waals surface area (Å²) in [6.07, 6.45) is 4.11. The van der Waals surface area contributed by atoms with Gasteiger partial charge >= 0.3 is 0 Å². The Morgan fingerprint density at radius 3 is 3.00 bits per heavy atom. The van der Waals surface area contributed by atoms with Crippen LogP contribution in [0.3, 0.4) is 0 Å². The molecule has 0 radical (unpaired) electrons. The van der Waals surface area contributed by atoms with Crippen LogP contribution in [0.25, 0.3) is 0 Å². The lowest BCUT2D eigenvalue weighted by molar-refractivity contribution is 0.693. The van der Waals surface area contributed by atoms with E-state index in [0.29, 0.717) is 5.69 Å². The van der Waals surface area contributed by atoms with Crippen LogP contribution in [0.1, 0.15) is 31.9 Å². The zero-order valence-corrected chi connectivity index (χ0v) is 6.79. The summed E-state index contributed by atoms with van der Waals surface area (Å²) in [5, 5.41) is 0. The van der Waals surface area contributed by atoms with E-state index in [9.17, 15) is 4.79 Å². The van der Waals surface area contributed by atoms with Gasteiger partial charge in [-0.05, 0) is 6.42 Å². The van der Waals surface area contributed by atoms with Gasteiger partial charge in [0.2, 0.25) is 0 Å². The average molecular weight is 152 g/mol. The van der Waals surface area contributed by atoms with Gasteiger partial charge in [-0.15, -0.1) is 0 Å². The van der Waals surface area contributed by atoms with E-state index in [1.807, 2.05) is 13.8 Å². The molecule has 3 heteroatoms. The molecule has 0 aliphatic rings. The number of aromatic nitrogens is 2. The molecule has 0 fully saturated rings. The molecule has 1 aromatic heterocycles. The van der Waals surface area contributed by atoms with Crippen molar-refractivity contribution in [2.45, 2.75) is 26.2 Å². The Hall–Kier alpha value is -1.12.